The van der Waals surface area contributed by atoms with Crippen molar-refractivity contribution in [2.75, 3.05) is 33.4 Å². The SMILES string of the molecule is COCCCCOc1ccccc1C(=O)NCC(CC(N)C(O)CNC(=O)c1ccccc1)C(C)C. The highest BCUT2D eigenvalue weighted by Crippen LogP contribution is 2.20. The Labute approximate surface area is 214 Å². The number of ether oxygens (including phenoxy) is 2. The van der Waals surface area contributed by atoms with Crippen molar-refractivity contribution in [2.45, 2.75) is 45.3 Å². The lowest BCUT2D eigenvalue weighted by Crippen LogP contribution is -2.46. The maximum Gasteiger partial charge on any atom is 0.255 e. The first-order valence-corrected chi connectivity index (χ1v) is 12.6. The predicted molar refractivity (Wildman–Crippen MR) is 141 cm³/mol. The zero-order valence-electron chi connectivity index (χ0n) is 21.6. The molecule has 2 aromatic rings. The molecule has 3 unspecified atom stereocenters. The molecular weight excluding hydrogens is 458 g/mol. The topological polar surface area (TPSA) is 123 Å². The average Bonchev–Trinajstić information content (AvgIpc) is 2.89. The number of amides is 2. The number of aliphatic hydroxyl groups is 1. The quantitative estimate of drug-likeness (QED) is 0.263. The minimum Gasteiger partial charge on any atom is -0.493 e. The van der Waals surface area contributed by atoms with Gasteiger partial charge in [0.05, 0.1) is 18.3 Å². The van der Waals surface area contributed by atoms with Gasteiger partial charge in [-0.2, -0.15) is 0 Å². The molecule has 2 amide bonds. The number of hydrogen-bond donors (Lipinski definition) is 4. The molecule has 3 atom stereocenters. The standard InChI is InChI=1S/C28H41N3O5/c1-20(2)22(17-24(29)25(32)19-31-27(33)21-11-5-4-6-12-21)18-30-28(34)23-13-7-8-14-26(23)36-16-10-9-15-35-3/h4-8,11-14,20,22,24-25,32H,9-10,15-19,29H2,1-3H3,(H,30,34)(H,31,33). The maximum absolute atomic E-state index is 12.9. The Morgan fingerprint density at radius 3 is 2.25 bits per heavy atom. The van der Waals surface area contributed by atoms with Gasteiger partial charge in [-0.3, -0.25) is 9.59 Å². The predicted octanol–water partition coefficient (Wildman–Crippen LogP) is 3.00. The first kappa shape index (κ1) is 29.3. The molecule has 0 saturated heterocycles. The number of carbonyl (C=O) groups excluding carboxylic acids is 2. The smallest absolute Gasteiger partial charge is 0.255 e. The Morgan fingerprint density at radius 2 is 1.56 bits per heavy atom. The molecule has 0 aliphatic heterocycles. The van der Waals surface area contributed by atoms with Gasteiger partial charge in [0.1, 0.15) is 5.75 Å². The maximum atomic E-state index is 12.9. The van der Waals surface area contributed by atoms with E-state index in [0.717, 1.165) is 12.8 Å². The molecule has 198 valence electrons. The lowest BCUT2D eigenvalue weighted by molar-refractivity contribution is 0.0865. The van der Waals surface area contributed by atoms with E-state index in [1.165, 1.54) is 0 Å². The molecule has 0 aliphatic carbocycles. The normalized spacial score (nSPS) is 13.6. The number of methoxy groups -OCH3 is 1. The van der Waals surface area contributed by atoms with Gasteiger partial charge in [-0.15, -0.1) is 0 Å². The second kappa shape index (κ2) is 15.9. The van der Waals surface area contributed by atoms with E-state index < -0.39 is 12.1 Å². The second-order valence-electron chi connectivity index (χ2n) is 9.30. The van der Waals surface area contributed by atoms with Crippen LogP contribution in [-0.2, 0) is 4.74 Å². The molecule has 36 heavy (non-hydrogen) atoms. The number of para-hydroxylation sites is 1. The van der Waals surface area contributed by atoms with E-state index in [9.17, 15) is 14.7 Å². The summed E-state index contributed by atoms with van der Waals surface area (Å²) in [6.07, 6.45) is 1.33. The van der Waals surface area contributed by atoms with Crippen LogP contribution in [0, 0.1) is 11.8 Å². The monoisotopic (exact) mass is 499 g/mol. The zero-order chi connectivity index (χ0) is 26.3. The van der Waals surface area contributed by atoms with Gasteiger partial charge in [0.15, 0.2) is 0 Å². The summed E-state index contributed by atoms with van der Waals surface area (Å²) in [6.45, 7) is 5.78. The van der Waals surface area contributed by atoms with Crippen LogP contribution in [0.1, 0.15) is 53.8 Å². The van der Waals surface area contributed by atoms with E-state index in [2.05, 4.69) is 24.5 Å². The van der Waals surface area contributed by atoms with E-state index in [4.69, 9.17) is 15.2 Å². The largest absolute Gasteiger partial charge is 0.493 e. The van der Waals surface area contributed by atoms with E-state index in [1.807, 2.05) is 18.2 Å². The molecule has 0 saturated carbocycles. The minimum atomic E-state index is -0.901. The molecule has 5 N–H and O–H groups in total. The summed E-state index contributed by atoms with van der Waals surface area (Å²) in [6, 6.07) is 15.5. The summed E-state index contributed by atoms with van der Waals surface area (Å²) < 4.78 is 10.9. The van der Waals surface area contributed by atoms with Crippen molar-refractivity contribution >= 4 is 11.8 Å². The zero-order valence-corrected chi connectivity index (χ0v) is 21.6. The number of unbranched alkanes of at least 4 members (excludes halogenated alkanes) is 1. The van der Waals surface area contributed by atoms with Gasteiger partial charge in [0.25, 0.3) is 11.8 Å². The second-order valence-corrected chi connectivity index (χ2v) is 9.30. The van der Waals surface area contributed by atoms with Crippen LogP contribution < -0.4 is 21.1 Å². The van der Waals surface area contributed by atoms with E-state index >= 15 is 0 Å². The fourth-order valence-electron chi connectivity index (χ4n) is 3.77. The van der Waals surface area contributed by atoms with Gasteiger partial charge in [-0.1, -0.05) is 44.2 Å². The van der Waals surface area contributed by atoms with Crippen LogP contribution in [0.25, 0.3) is 0 Å². The Morgan fingerprint density at radius 1 is 0.917 bits per heavy atom. The lowest BCUT2D eigenvalue weighted by atomic mass is 9.87. The summed E-state index contributed by atoms with van der Waals surface area (Å²) in [5.41, 5.74) is 7.28. The summed E-state index contributed by atoms with van der Waals surface area (Å²) >= 11 is 0. The van der Waals surface area contributed by atoms with Gasteiger partial charge in [0.2, 0.25) is 0 Å². The van der Waals surface area contributed by atoms with Crippen LogP contribution in [0.5, 0.6) is 5.75 Å². The van der Waals surface area contributed by atoms with Crippen LogP contribution in [-0.4, -0.2) is 62.5 Å². The van der Waals surface area contributed by atoms with E-state index in [1.54, 1.807) is 43.5 Å². The highest BCUT2D eigenvalue weighted by atomic mass is 16.5. The van der Waals surface area contributed by atoms with Crippen molar-refractivity contribution in [3.05, 3.63) is 65.7 Å². The molecule has 0 aliphatic rings. The van der Waals surface area contributed by atoms with Crippen molar-refractivity contribution in [1.29, 1.82) is 0 Å². The molecule has 2 rings (SSSR count). The van der Waals surface area contributed by atoms with Crippen molar-refractivity contribution in [3.63, 3.8) is 0 Å². The minimum absolute atomic E-state index is 0.0468. The van der Waals surface area contributed by atoms with Crippen molar-refractivity contribution in [1.82, 2.24) is 10.6 Å². The van der Waals surface area contributed by atoms with Crippen LogP contribution in [0.4, 0.5) is 0 Å². The van der Waals surface area contributed by atoms with Gasteiger partial charge in [0, 0.05) is 38.4 Å². The third kappa shape index (κ3) is 9.97. The van der Waals surface area contributed by atoms with E-state index in [-0.39, 0.29) is 30.2 Å². The average molecular weight is 500 g/mol. The molecule has 8 heteroatoms. The first-order chi connectivity index (χ1) is 17.3. The van der Waals surface area contributed by atoms with Crippen molar-refractivity contribution in [3.8, 4) is 5.75 Å². The van der Waals surface area contributed by atoms with E-state index in [0.29, 0.717) is 43.1 Å². The fraction of sp³-hybridized carbons (Fsp3) is 0.500. The van der Waals surface area contributed by atoms with Crippen LogP contribution in [0.15, 0.2) is 54.6 Å². The number of nitrogens with one attached hydrogen (secondary N) is 2. The number of nitrogens with two attached hydrogens (primary N) is 1. The molecule has 0 bridgehead atoms. The van der Waals surface area contributed by atoms with Crippen LogP contribution in [0.2, 0.25) is 0 Å². The summed E-state index contributed by atoms with van der Waals surface area (Å²) in [5.74, 6) is 0.363. The molecule has 0 aromatic heterocycles. The lowest BCUT2D eigenvalue weighted by Gasteiger charge is -2.27. The molecule has 0 radical (unpaired) electrons. The molecule has 0 fully saturated rings. The highest BCUT2D eigenvalue weighted by Gasteiger charge is 2.24. The Bertz CT molecular complexity index is 922. The molecular formula is C28H41N3O5. The number of carbonyl (C=O) groups is 2. The molecule has 2 aromatic carbocycles. The van der Waals surface area contributed by atoms with Crippen LogP contribution in [0.3, 0.4) is 0 Å². The molecule has 0 heterocycles. The summed E-state index contributed by atoms with van der Waals surface area (Å²) in [7, 11) is 1.67. The number of hydrogen-bond acceptors (Lipinski definition) is 6. The summed E-state index contributed by atoms with van der Waals surface area (Å²) in [5, 5.41) is 16.3. The van der Waals surface area contributed by atoms with Gasteiger partial charge >= 0.3 is 0 Å². The van der Waals surface area contributed by atoms with Crippen LogP contribution >= 0.6 is 0 Å². The number of rotatable bonds is 16. The Kier molecular flexibility index (Phi) is 13.0. The number of benzene rings is 2. The van der Waals surface area contributed by atoms with Crippen molar-refractivity contribution in [2.24, 2.45) is 17.6 Å². The van der Waals surface area contributed by atoms with Gasteiger partial charge < -0.3 is 30.9 Å². The van der Waals surface area contributed by atoms with Crippen molar-refractivity contribution < 1.29 is 24.2 Å². The van der Waals surface area contributed by atoms with Gasteiger partial charge in [-0.25, -0.2) is 0 Å². The van der Waals surface area contributed by atoms with Gasteiger partial charge in [-0.05, 0) is 55.4 Å². The molecule has 8 nitrogen and oxygen atoms in total. The fourth-order valence-corrected chi connectivity index (χ4v) is 3.77. The molecule has 0 spiro atoms. The third-order valence-electron chi connectivity index (χ3n) is 6.18. The number of aliphatic hydroxyl groups excluding tert-OH is 1. The highest BCUT2D eigenvalue weighted by molar-refractivity contribution is 5.97. The Hall–Kier alpha value is -2.94. The summed E-state index contributed by atoms with van der Waals surface area (Å²) in [4.78, 5) is 25.1. The first-order valence-electron chi connectivity index (χ1n) is 12.6. The Balaban J connectivity index is 1.85. The third-order valence-corrected chi connectivity index (χ3v) is 6.18.